The van der Waals surface area contributed by atoms with Crippen molar-refractivity contribution in [2.75, 3.05) is 9.80 Å². The molecule has 0 amide bonds. The Bertz CT molecular complexity index is 3970. The molecule has 0 N–H and O–H groups in total. The number of rotatable bonds is 7. The largest absolute Gasteiger partial charge is 0.509 e. The van der Waals surface area contributed by atoms with E-state index in [0.717, 1.165) is 60.7 Å². The second-order valence-corrected chi connectivity index (χ2v) is 20.4. The summed E-state index contributed by atoms with van der Waals surface area (Å²) in [5.41, 5.74) is 6.11. The van der Waals surface area contributed by atoms with E-state index in [9.17, 15) is 4.39 Å². The van der Waals surface area contributed by atoms with Gasteiger partial charge in [-0.2, -0.15) is 6.07 Å². The Morgan fingerprint density at radius 3 is 1.70 bits per heavy atom. The van der Waals surface area contributed by atoms with Gasteiger partial charge in [0.2, 0.25) is 5.82 Å². The monoisotopic (exact) mass is 1170 g/mol. The molecule has 11 aromatic rings. The van der Waals surface area contributed by atoms with Gasteiger partial charge in [0.05, 0.1) is 16.6 Å². The summed E-state index contributed by atoms with van der Waals surface area (Å²) in [4.78, 5) is 8.49. The van der Waals surface area contributed by atoms with Crippen LogP contribution in [0.25, 0.3) is 66.2 Å². The van der Waals surface area contributed by atoms with Crippen LogP contribution in [-0.4, -0.2) is 14.1 Å². The third-order valence-electron chi connectivity index (χ3n) is 13.7. The molecule has 8 aromatic carbocycles. The van der Waals surface area contributed by atoms with Crippen LogP contribution >= 0.6 is 0 Å². The number of nitrogens with zero attached hydrogens (tertiary/aromatic N) is 5. The van der Waals surface area contributed by atoms with E-state index in [4.69, 9.17) is 9.72 Å². The van der Waals surface area contributed by atoms with Gasteiger partial charge in [-0.05, 0) is 69.8 Å². The minimum atomic E-state index is -2.23. The van der Waals surface area contributed by atoms with Gasteiger partial charge in [-0.3, -0.25) is 0 Å². The van der Waals surface area contributed by atoms with Gasteiger partial charge in [-0.15, -0.1) is 42.4 Å². The van der Waals surface area contributed by atoms with Gasteiger partial charge in [0.15, 0.2) is 23.3 Å². The SMILES string of the molecule is CC(C)(C)c1ccnc(-n2c3[c-]c(Oc4[c-]c(N5[CH-]N(c6c(-c7c(F)c(F)c(F)c(F)c7F)cccc6C(C)(C)C)c6ccccc65)cc(-n5c6ccccc6c6ccccc65)c4)ccc3c3ccccc32)c1.[Pt]. The molecule has 372 valence electrons. The van der Waals surface area contributed by atoms with Crippen molar-refractivity contribution in [1.29, 1.82) is 0 Å². The van der Waals surface area contributed by atoms with Gasteiger partial charge < -0.3 is 23.7 Å². The smallest absolute Gasteiger partial charge is 0.200 e. The molecule has 4 heterocycles. The van der Waals surface area contributed by atoms with E-state index in [0.29, 0.717) is 34.1 Å². The van der Waals surface area contributed by atoms with Crippen LogP contribution in [0.2, 0.25) is 0 Å². The first-order chi connectivity index (χ1) is 35.1. The van der Waals surface area contributed by atoms with Crippen molar-refractivity contribution in [1.82, 2.24) is 14.1 Å². The second kappa shape index (κ2) is 18.0. The summed E-state index contributed by atoms with van der Waals surface area (Å²) in [6.45, 7) is 14.0. The van der Waals surface area contributed by atoms with E-state index < -0.39 is 40.1 Å². The van der Waals surface area contributed by atoms with E-state index >= 15 is 17.6 Å². The molecule has 0 radical (unpaired) electrons. The molecule has 0 saturated heterocycles. The first-order valence-electron chi connectivity index (χ1n) is 23.9. The van der Waals surface area contributed by atoms with Crippen molar-refractivity contribution < 1.29 is 47.8 Å². The minimum Gasteiger partial charge on any atom is -0.509 e. The third kappa shape index (κ3) is 7.82. The number of fused-ring (bicyclic) bond motifs is 7. The number of benzene rings is 8. The molecule has 0 spiro atoms. The average Bonchev–Trinajstić information content (AvgIpc) is 4.06. The maximum atomic E-state index is 16.0. The molecule has 0 bridgehead atoms. The summed E-state index contributed by atoms with van der Waals surface area (Å²) in [7, 11) is 0. The van der Waals surface area contributed by atoms with Crippen LogP contribution in [-0.2, 0) is 31.9 Å². The van der Waals surface area contributed by atoms with Crippen molar-refractivity contribution in [2.45, 2.75) is 52.4 Å². The summed E-state index contributed by atoms with van der Waals surface area (Å²) in [6, 6.07) is 55.9. The number of ether oxygens (including phenoxy) is 1. The number of aromatic nitrogens is 3. The molecule has 0 fully saturated rings. The molecule has 0 atom stereocenters. The summed E-state index contributed by atoms with van der Waals surface area (Å²) in [5, 5.41) is 4.11. The molecule has 1 aliphatic rings. The average molecular weight is 1170 g/mol. The Hall–Kier alpha value is -7.75. The first-order valence-corrected chi connectivity index (χ1v) is 23.9. The number of anilines is 4. The predicted molar refractivity (Wildman–Crippen MR) is 281 cm³/mol. The molecule has 0 unspecified atom stereocenters. The van der Waals surface area contributed by atoms with Crippen LogP contribution in [0.15, 0.2) is 158 Å². The Labute approximate surface area is 439 Å². The zero-order chi connectivity index (χ0) is 50.7. The van der Waals surface area contributed by atoms with Crippen LogP contribution in [0.3, 0.4) is 0 Å². The van der Waals surface area contributed by atoms with Crippen LogP contribution in [0.5, 0.6) is 11.5 Å². The van der Waals surface area contributed by atoms with Crippen molar-refractivity contribution in [3.05, 3.63) is 217 Å². The summed E-state index contributed by atoms with van der Waals surface area (Å²) in [5.74, 6) is -8.61. The molecule has 12 rings (SSSR count). The number of hydrogen-bond acceptors (Lipinski definition) is 4. The Morgan fingerprint density at radius 2 is 1.08 bits per heavy atom. The van der Waals surface area contributed by atoms with Crippen molar-refractivity contribution >= 4 is 66.4 Å². The fourth-order valence-corrected chi connectivity index (χ4v) is 10.3. The minimum absolute atomic E-state index is 0. The van der Waals surface area contributed by atoms with Gasteiger partial charge in [0, 0.05) is 77.7 Å². The predicted octanol–water partition coefficient (Wildman–Crippen LogP) is 17.0. The van der Waals surface area contributed by atoms with Crippen molar-refractivity contribution in [3.63, 3.8) is 0 Å². The molecule has 12 heteroatoms. The van der Waals surface area contributed by atoms with Gasteiger partial charge in [0.1, 0.15) is 5.82 Å². The van der Waals surface area contributed by atoms with Gasteiger partial charge in [-0.1, -0.05) is 143 Å². The van der Waals surface area contributed by atoms with Gasteiger partial charge >= 0.3 is 0 Å². The summed E-state index contributed by atoms with van der Waals surface area (Å²) < 4.78 is 87.8. The Kier molecular flexibility index (Phi) is 11.8. The molecule has 0 aliphatic carbocycles. The molecular formula is C62H45F5N5OPt-3. The first kappa shape index (κ1) is 48.5. The van der Waals surface area contributed by atoms with Crippen molar-refractivity contribution in [3.8, 4) is 34.1 Å². The van der Waals surface area contributed by atoms with E-state index in [2.05, 4.69) is 84.5 Å². The van der Waals surface area contributed by atoms with Crippen LogP contribution in [0, 0.1) is 47.9 Å². The molecular weight excluding hydrogens is 1120 g/mol. The van der Waals surface area contributed by atoms with E-state index in [1.807, 2.05) is 123 Å². The summed E-state index contributed by atoms with van der Waals surface area (Å²) >= 11 is 0. The molecule has 3 aromatic heterocycles. The van der Waals surface area contributed by atoms with Crippen LogP contribution in [0.4, 0.5) is 44.7 Å². The van der Waals surface area contributed by atoms with Crippen molar-refractivity contribution in [2.24, 2.45) is 0 Å². The molecule has 0 saturated carbocycles. The number of hydrogen-bond donors (Lipinski definition) is 0. The van der Waals surface area contributed by atoms with Crippen LogP contribution in [0.1, 0.15) is 52.7 Å². The topological polar surface area (TPSA) is 38.5 Å². The zero-order valence-electron chi connectivity index (χ0n) is 40.9. The molecule has 6 nitrogen and oxygen atoms in total. The number of pyridine rings is 1. The normalized spacial score (nSPS) is 12.9. The van der Waals surface area contributed by atoms with E-state index in [1.54, 1.807) is 23.7 Å². The third-order valence-corrected chi connectivity index (χ3v) is 13.7. The zero-order valence-corrected chi connectivity index (χ0v) is 43.2. The Morgan fingerprint density at radius 1 is 0.514 bits per heavy atom. The summed E-state index contributed by atoms with van der Waals surface area (Å²) in [6.07, 6.45) is 1.84. The number of halogens is 5. The number of para-hydroxylation sites is 6. The van der Waals surface area contributed by atoms with Crippen LogP contribution < -0.4 is 14.5 Å². The molecule has 74 heavy (non-hydrogen) atoms. The van der Waals surface area contributed by atoms with Gasteiger partial charge in [-0.25, -0.2) is 26.9 Å². The second-order valence-electron chi connectivity index (χ2n) is 20.4. The fourth-order valence-electron chi connectivity index (χ4n) is 10.3. The fraction of sp³-hybridized carbons (Fsp3) is 0.129. The van der Waals surface area contributed by atoms with Gasteiger partial charge in [0.25, 0.3) is 0 Å². The quantitative estimate of drug-likeness (QED) is 0.0690. The Balaban J connectivity index is 0.00000588. The standard InChI is InChI=1S/C62H45F5N5O.Pt/c1-61(2,3)36-28-29-68-53(30-36)72-49-23-12-9-18-43(49)44-27-26-39(34-52(44)72)73-40-32-37(31-38(33-40)71-47-21-10-7-16-41(47)42-17-8-11-22-48(42)71)69-35-70(51-25-14-13-24-50(51)69)60-45(19-15-20-46(60)62(4,5)6)54-55(63)57(65)59(67)58(66)56(54)64;/h7-31,33,35H,1-6H3;/q-3;. The maximum absolute atomic E-state index is 16.0. The van der Waals surface area contributed by atoms with E-state index in [-0.39, 0.29) is 37.7 Å². The van der Waals surface area contributed by atoms with E-state index in [1.165, 1.54) is 6.07 Å². The molecule has 1 aliphatic heterocycles. The maximum Gasteiger partial charge on any atom is 0.200 e.